The number of hydrogen-bond acceptors (Lipinski definition) is 6. The zero-order chi connectivity index (χ0) is 24.8. The van der Waals surface area contributed by atoms with E-state index in [1.807, 2.05) is 49.1 Å². The van der Waals surface area contributed by atoms with Gasteiger partial charge in [0.05, 0.1) is 17.2 Å². The van der Waals surface area contributed by atoms with Crippen molar-refractivity contribution < 1.29 is 24.2 Å². The molecule has 0 bridgehead atoms. The Kier molecular flexibility index (Phi) is 8.13. The third-order valence-corrected chi connectivity index (χ3v) is 6.93. The molecule has 4 rings (SSSR count). The molecule has 35 heavy (non-hydrogen) atoms. The molecule has 1 N–H and O–H groups in total. The van der Waals surface area contributed by atoms with Gasteiger partial charge in [-0.1, -0.05) is 43.0 Å². The maximum Gasteiger partial charge on any atom is 0.341 e. The van der Waals surface area contributed by atoms with Crippen LogP contribution >= 0.6 is 11.8 Å². The lowest BCUT2D eigenvalue weighted by Crippen LogP contribution is -2.40. The van der Waals surface area contributed by atoms with Gasteiger partial charge in [0.25, 0.3) is 5.91 Å². The summed E-state index contributed by atoms with van der Waals surface area (Å²) in [6, 6.07) is 13.4. The third kappa shape index (κ3) is 6.25. The monoisotopic (exact) mass is 494 g/mol. The number of amides is 1. The average molecular weight is 495 g/mol. The second-order valence-electron chi connectivity index (χ2n) is 8.63. The van der Waals surface area contributed by atoms with Crippen molar-refractivity contribution in [1.29, 1.82) is 0 Å². The van der Waals surface area contributed by atoms with E-state index in [1.165, 1.54) is 18.2 Å². The van der Waals surface area contributed by atoms with Crippen molar-refractivity contribution in [3.63, 3.8) is 0 Å². The molecule has 1 saturated heterocycles. The predicted molar refractivity (Wildman–Crippen MR) is 138 cm³/mol. The number of amidine groups is 1. The van der Waals surface area contributed by atoms with Gasteiger partial charge in [-0.15, -0.1) is 0 Å². The first kappa shape index (κ1) is 24.9. The minimum absolute atomic E-state index is 0.0306. The Bertz CT molecular complexity index is 1140. The van der Waals surface area contributed by atoms with Gasteiger partial charge in [0.1, 0.15) is 0 Å². The number of aliphatic carboxylic acids is 1. The normalized spacial score (nSPS) is 18.9. The van der Waals surface area contributed by atoms with Crippen molar-refractivity contribution in [2.45, 2.75) is 52.0 Å². The van der Waals surface area contributed by atoms with E-state index in [2.05, 4.69) is 0 Å². The number of carboxylic acid groups (broad SMARTS) is 1. The van der Waals surface area contributed by atoms with Gasteiger partial charge in [0.15, 0.2) is 23.3 Å². The van der Waals surface area contributed by atoms with Crippen LogP contribution in [0.5, 0.6) is 11.5 Å². The van der Waals surface area contributed by atoms with Gasteiger partial charge in [0, 0.05) is 6.04 Å². The summed E-state index contributed by atoms with van der Waals surface area (Å²) in [7, 11) is 0. The number of benzene rings is 2. The molecule has 1 aliphatic carbocycles. The van der Waals surface area contributed by atoms with Crippen LogP contribution in [0.15, 0.2) is 52.4 Å². The zero-order valence-electron chi connectivity index (χ0n) is 20.0. The summed E-state index contributed by atoms with van der Waals surface area (Å²) in [4.78, 5) is 31.8. The molecule has 2 aliphatic rings. The van der Waals surface area contributed by atoms with Gasteiger partial charge in [-0.3, -0.25) is 9.69 Å². The average Bonchev–Trinajstić information content (AvgIpc) is 3.15. The molecule has 0 spiro atoms. The number of ether oxygens (including phenoxy) is 2. The van der Waals surface area contributed by atoms with Crippen LogP contribution in [0.2, 0.25) is 0 Å². The van der Waals surface area contributed by atoms with Gasteiger partial charge in [-0.2, -0.15) is 0 Å². The molecular weight excluding hydrogens is 464 g/mol. The molecule has 2 aromatic rings. The Morgan fingerprint density at radius 2 is 1.86 bits per heavy atom. The van der Waals surface area contributed by atoms with Crippen LogP contribution in [0.3, 0.4) is 0 Å². The number of aryl methyl sites for hydroxylation is 1. The summed E-state index contributed by atoms with van der Waals surface area (Å²) in [6.07, 6.45) is 7.24. The minimum atomic E-state index is -1.06. The van der Waals surface area contributed by atoms with Crippen LogP contribution in [0.1, 0.15) is 50.2 Å². The summed E-state index contributed by atoms with van der Waals surface area (Å²) in [6.45, 7) is 3.83. The van der Waals surface area contributed by atoms with Crippen LogP contribution in [-0.2, 0) is 9.59 Å². The van der Waals surface area contributed by atoms with Crippen LogP contribution in [0.4, 0.5) is 5.69 Å². The quantitative estimate of drug-likeness (QED) is 0.467. The Morgan fingerprint density at radius 3 is 2.54 bits per heavy atom. The van der Waals surface area contributed by atoms with Crippen molar-refractivity contribution in [2.24, 2.45) is 4.99 Å². The van der Waals surface area contributed by atoms with E-state index in [4.69, 9.17) is 19.6 Å². The predicted octanol–water partition coefficient (Wildman–Crippen LogP) is 5.79. The topological polar surface area (TPSA) is 88.4 Å². The molecule has 184 valence electrons. The summed E-state index contributed by atoms with van der Waals surface area (Å²) in [5.74, 6) is -0.296. The standard InChI is InChI=1S/C27H30N2O5S/c1-3-33-23-15-19(11-14-22(23)34-17-25(30)31)16-24-26(32)29(21-7-5-4-6-8-21)27(35-24)28-20-12-9-18(2)10-13-20/h9-16,21H,3-8,17H2,1-2H3,(H,30,31)/b24-16+,28-27?. The number of carbonyl (C=O) groups excluding carboxylic acids is 1. The van der Waals surface area contributed by atoms with E-state index in [0.717, 1.165) is 42.5 Å². The van der Waals surface area contributed by atoms with E-state index in [-0.39, 0.29) is 11.9 Å². The van der Waals surface area contributed by atoms with Gasteiger partial charge in [-0.05, 0) is 74.4 Å². The second-order valence-corrected chi connectivity index (χ2v) is 9.64. The summed E-state index contributed by atoms with van der Waals surface area (Å²) in [5.41, 5.74) is 2.76. The second kappa shape index (κ2) is 11.4. The van der Waals surface area contributed by atoms with Gasteiger partial charge in [-0.25, -0.2) is 9.79 Å². The first-order valence-corrected chi connectivity index (χ1v) is 12.8. The number of nitrogens with zero attached hydrogens (tertiary/aromatic N) is 2. The maximum atomic E-state index is 13.6. The molecule has 1 heterocycles. The highest BCUT2D eigenvalue weighted by molar-refractivity contribution is 8.18. The Labute approximate surface area is 209 Å². The summed E-state index contributed by atoms with van der Waals surface area (Å²) < 4.78 is 11.0. The molecule has 1 saturated carbocycles. The fraction of sp³-hybridized carbons (Fsp3) is 0.370. The highest BCUT2D eigenvalue weighted by atomic mass is 32.2. The Morgan fingerprint density at radius 1 is 1.11 bits per heavy atom. The molecule has 7 nitrogen and oxygen atoms in total. The molecular formula is C27H30N2O5S. The summed E-state index contributed by atoms with van der Waals surface area (Å²) >= 11 is 1.39. The lowest BCUT2D eigenvalue weighted by atomic mass is 9.94. The smallest absolute Gasteiger partial charge is 0.341 e. The molecule has 0 radical (unpaired) electrons. The van der Waals surface area contributed by atoms with Crippen molar-refractivity contribution in [3.8, 4) is 11.5 Å². The highest BCUT2D eigenvalue weighted by Gasteiger charge is 2.38. The first-order chi connectivity index (χ1) is 16.9. The number of aliphatic imine (C=N–C) groups is 1. The Balaban J connectivity index is 1.65. The molecule has 8 heteroatoms. The van der Waals surface area contributed by atoms with E-state index in [9.17, 15) is 9.59 Å². The minimum Gasteiger partial charge on any atom is -0.490 e. The van der Waals surface area contributed by atoms with Crippen molar-refractivity contribution >= 4 is 40.6 Å². The lowest BCUT2D eigenvalue weighted by Gasteiger charge is -2.30. The molecule has 1 amide bonds. The number of thioether (sulfide) groups is 1. The van der Waals surface area contributed by atoms with Crippen LogP contribution in [0, 0.1) is 6.92 Å². The SMILES string of the molecule is CCOc1cc(/C=C2/SC(=Nc3ccc(C)cc3)N(C3CCCCC3)C2=O)ccc1OCC(=O)O. The van der Waals surface area contributed by atoms with Gasteiger partial charge >= 0.3 is 5.97 Å². The van der Waals surface area contributed by atoms with Gasteiger partial charge in [0.2, 0.25) is 0 Å². The van der Waals surface area contributed by atoms with E-state index in [0.29, 0.717) is 28.2 Å². The molecule has 0 aromatic heterocycles. The number of carboxylic acids is 1. The van der Waals surface area contributed by atoms with Crippen LogP contribution in [-0.4, -0.2) is 46.3 Å². The first-order valence-electron chi connectivity index (χ1n) is 11.9. The van der Waals surface area contributed by atoms with Crippen molar-refractivity contribution in [2.75, 3.05) is 13.2 Å². The fourth-order valence-electron chi connectivity index (χ4n) is 4.25. The number of rotatable bonds is 8. The molecule has 0 atom stereocenters. The number of carbonyl (C=O) groups is 2. The largest absolute Gasteiger partial charge is 0.490 e. The zero-order valence-corrected chi connectivity index (χ0v) is 20.8. The van der Waals surface area contributed by atoms with E-state index >= 15 is 0 Å². The van der Waals surface area contributed by atoms with Crippen molar-refractivity contribution in [3.05, 3.63) is 58.5 Å². The van der Waals surface area contributed by atoms with Gasteiger partial charge < -0.3 is 14.6 Å². The number of hydrogen-bond donors (Lipinski definition) is 1. The Hall–Kier alpha value is -3.26. The molecule has 0 unspecified atom stereocenters. The van der Waals surface area contributed by atoms with E-state index in [1.54, 1.807) is 18.2 Å². The van der Waals surface area contributed by atoms with Crippen molar-refractivity contribution in [1.82, 2.24) is 4.90 Å². The van der Waals surface area contributed by atoms with E-state index < -0.39 is 12.6 Å². The molecule has 1 aliphatic heterocycles. The molecule has 2 fully saturated rings. The fourth-order valence-corrected chi connectivity index (χ4v) is 5.31. The summed E-state index contributed by atoms with van der Waals surface area (Å²) in [5, 5.41) is 9.63. The third-order valence-electron chi connectivity index (χ3n) is 5.95. The van der Waals surface area contributed by atoms with Crippen LogP contribution < -0.4 is 9.47 Å². The maximum absolute atomic E-state index is 13.6. The lowest BCUT2D eigenvalue weighted by molar-refractivity contribution is -0.139. The highest BCUT2D eigenvalue weighted by Crippen LogP contribution is 2.39. The molecule has 2 aromatic carbocycles. The van der Waals surface area contributed by atoms with Crippen LogP contribution in [0.25, 0.3) is 6.08 Å².